The molecule has 0 aliphatic carbocycles. The van der Waals surface area contributed by atoms with Gasteiger partial charge in [-0.15, -0.1) is 0 Å². The fourth-order valence-corrected chi connectivity index (χ4v) is 1.96. The summed E-state index contributed by atoms with van der Waals surface area (Å²) in [4.78, 5) is 11.8. The summed E-state index contributed by atoms with van der Waals surface area (Å²) in [5, 5.41) is 5.98. The Morgan fingerprint density at radius 3 is 2.48 bits per heavy atom. The molecule has 23 heavy (non-hydrogen) atoms. The average Bonchev–Trinajstić information content (AvgIpc) is 2.59. The van der Waals surface area contributed by atoms with Crippen molar-refractivity contribution in [1.82, 2.24) is 16.2 Å². The van der Waals surface area contributed by atoms with Gasteiger partial charge in [0.15, 0.2) is 5.11 Å². The highest BCUT2D eigenvalue weighted by molar-refractivity contribution is 7.80. The molecule has 0 aromatic heterocycles. The van der Waals surface area contributed by atoms with Gasteiger partial charge < -0.3 is 15.4 Å². The van der Waals surface area contributed by atoms with Gasteiger partial charge in [-0.2, -0.15) is 0 Å². The van der Waals surface area contributed by atoms with Gasteiger partial charge in [-0.05, 0) is 29.9 Å². The second kappa shape index (κ2) is 8.60. The van der Waals surface area contributed by atoms with Crippen LogP contribution in [0.4, 0.5) is 10.5 Å². The fourth-order valence-electron chi connectivity index (χ4n) is 1.84. The Balaban J connectivity index is 1.74. The molecule has 7 heteroatoms. The Morgan fingerprint density at radius 1 is 1.04 bits per heavy atom. The van der Waals surface area contributed by atoms with E-state index < -0.39 is 6.03 Å². The number of hydrogen-bond donors (Lipinski definition) is 4. The van der Waals surface area contributed by atoms with E-state index in [0.29, 0.717) is 23.1 Å². The molecule has 0 bridgehead atoms. The Bertz CT molecular complexity index is 664. The molecule has 0 aliphatic rings. The van der Waals surface area contributed by atoms with Crippen LogP contribution in [0.25, 0.3) is 0 Å². The molecule has 0 aliphatic heterocycles. The summed E-state index contributed by atoms with van der Waals surface area (Å²) in [5.41, 5.74) is 6.75. The zero-order valence-electron chi connectivity index (χ0n) is 12.6. The summed E-state index contributed by atoms with van der Waals surface area (Å²) < 4.78 is 5.16. The van der Waals surface area contributed by atoms with E-state index in [1.54, 1.807) is 25.3 Å². The molecule has 0 fully saturated rings. The predicted octanol–water partition coefficient (Wildman–Crippen LogP) is 2.40. The lowest BCUT2D eigenvalue weighted by Crippen LogP contribution is -2.48. The average molecular weight is 330 g/mol. The number of benzene rings is 2. The van der Waals surface area contributed by atoms with Gasteiger partial charge in [-0.1, -0.05) is 42.5 Å². The number of ether oxygens (including phenoxy) is 1. The number of methoxy groups -OCH3 is 1. The van der Waals surface area contributed by atoms with Crippen LogP contribution in [-0.2, 0) is 6.54 Å². The van der Waals surface area contributed by atoms with Crippen LogP contribution in [0.2, 0.25) is 0 Å². The number of anilines is 1. The van der Waals surface area contributed by atoms with E-state index in [1.165, 1.54) is 0 Å². The minimum atomic E-state index is -0.446. The first-order chi connectivity index (χ1) is 11.2. The van der Waals surface area contributed by atoms with Crippen molar-refractivity contribution in [3.8, 4) is 5.75 Å². The Morgan fingerprint density at radius 2 is 1.74 bits per heavy atom. The minimum Gasteiger partial charge on any atom is -0.495 e. The molecule has 0 unspecified atom stereocenters. The quantitative estimate of drug-likeness (QED) is 0.512. The van der Waals surface area contributed by atoms with Crippen LogP contribution in [0.3, 0.4) is 0 Å². The van der Waals surface area contributed by atoms with Crippen LogP contribution in [0.15, 0.2) is 54.6 Å². The monoisotopic (exact) mass is 330 g/mol. The highest BCUT2D eigenvalue weighted by Gasteiger charge is 2.06. The number of nitrogens with one attached hydrogen (secondary N) is 4. The lowest BCUT2D eigenvalue weighted by atomic mass is 10.2. The summed E-state index contributed by atoms with van der Waals surface area (Å²) >= 11 is 5.10. The predicted molar refractivity (Wildman–Crippen MR) is 94.2 cm³/mol. The summed E-state index contributed by atoms with van der Waals surface area (Å²) in [6, 6.07) is 16.5. The van der Waals surface area contributed by atoms with E-state index in [9.17, 15) is 4.79 Å². The van der Waals surface area contributed by atoms with Crippen molar-refractivity contribution in [3.63, 3.8) is 0 Å². The number of hydrazine groups is 1. The maximum atomic E-state index is 11.8. The third kappa shape index (κ3) is 5.48. The molecule has 120 valence electrons. The van der Waals surface area contributed by atoms with Gasteiger partial charge in [0.1, 0.15) is 5.75 Å². The van der Waals surface area contributed by atoms with Crippen molar-refractivity contribution in [1.29, 1.82) is 0 Å². The number of para-hydroxylation sites is 2. The zero-order chi connectivity index (χ0) is 16.5. The van der Waals surface area contributed by atoms with Crippen LogP contribution >= 0.6 is 12.2 Å². The molecular formula is C16H18N4O2S. The van der Waals surface area contributed by atoms with E-state index in [0.717, 1.165) is 5.56 Å². The maximum Gasteiger partial charge on any atom is 0.338 e. The molecule has 0 saturated heterocycles. The first kappa shape index (κ1) is 16.6. The zero-order valence-corrected chi connectivity index (χ0v) is 13.4. The number of hydrogen-bond acceptors (Lipinski definition) is 3. The summed E-state index contributed by atoms with van der Waals surface area (Å²) in [6.07, 6.45) is 0. The maximum absolute atomic E-state index is 11.8. The number of amides is 2. The summed E-state index contributed by atoms with van der Waals surface area (Å²) in [5.74, 6) is 0.576. The first-order valence-electron chi connectivity index (χ1n) is 6.97. The van der Waals surface area contributed by atoms with E-state index in [4.69, 9.17) is 17.0 Å². The second-order valence-corrected chi connectivity index (χ2v) is 4.98. The molecule has 0 radical (unpaired) electrons. The van der Waals surface area contributed by atoms with Gasteiger partial charge in [0.2, 0.25) is 0 Å². The Hall–Kier alpha value is -2.80. The van der Waals surface area contributed by atoms with Crippen LogP contribution in [-0.4, -0.2) is 18.3 Å². The van der Waals surface area contributed by atoms with Crippen LogP contribution in [0, 0.1) is 0 Å². The molecule has 2 rings (SSSR count). The summed E-state index contributed by atoms with van der Waals surface area (Å²) in [6.45, 7) is 0.572. The minimum absolute atomic E-state index is 0.323. The van der Waals surface area contributed by atoms with Crippen molar-refractivity contribution in [2.24, 2.45) is 0 Å². The third-order valence-corrected chi connectivity index (χ3v) is 3.19. The standard InChI is InChI=1S/C16H18N4O2S/c1-22-14-10-6-5-9-13(14)18-15(21)19-20-16(23)17-11-12-7-3-2-4-8-12/h2-10H,11H2,1H3,(H2,17,20,23)(H2,18,19,21). The highest BCUT2D eigenvalue weighted by atomic mass is 32.1. The molecule has 0 atom stereocenters. The summed E-state index contributed by atoms with van der Waals surface area (Å²) in [7, 11) is 1.54. The van der Waals surface area contributed by atoms with Crippen LogP contribution < -0.4 is 26.2 Å². The number of carbonyl (C=O) groups is 1. The van der Waals surface area contributed by atoms with Crippen molar-refractivity contribution >= 4 is 29.0 Å². The molecule has 2 aromatic carbocycles. The molecule has 6 nitrogen and oxygen atoms in total. The Kier molecular flexibility index (Phi) is 6.19. The topological polar surface area (TPSA) is 74.4 Å². The van der Waals surface area contributed by atoms with Gasteiger partial charge in [-0.25, -0.2) is 10.2 Å². The lowest BCUT2D eigenvalue weighted by molar-refractivity contribution is 0.250. The van der Waals surface area contributed by atoms with Crippen LogP contribution in [0.5, 0.6) is 5.75 Å². The largest absolute Gasteiger partial charge is 0.495 e. The Labute approximate surface area is 140 Å². The van der Waals surface area contributed by atoms with Gasteiger partial charge in [0.25, 0.3) is 0 Å². The number of carbonyl (C=O) groups excluding carboxylic acids is 1. The molecule has 0 spiro atoms. The molecule has 0 heterocycles. The van der Waals surface area contributed by atoms with Gasteiger partial charge in [0, 0.05) is 6.54 Å². The molecular weight excluding hydrogens is 312 g/mol. The fraction of sp³-hybridized carbons (Fsp3) is 0.125. The number of thiocarbonyl (C=S) groups is 1. The van der Waals surface area contributed by atoms with E-state index in [-0.39, 0.29) is 0 Å². The highest BCUT2D eigenvalue weighted by Crippen LogP contribution is 2.22. The van der Waals surface area contributed by atoms with Crippen molar-refractivity contribution in [2.75, 3.05) is 12.4 Å². The normalized spacial score (nSPS) is 9.61. The van der Waals surface area contributed by atoms with Gasteiger partial charge >= 0.3 is 6.03 Å². The number of urea groups is 1. The van der Waals surface area contributed by atoms with Gasteiger partial charge in [0.05, 0.1) is 12.8 Å². The molecule has 2 amide bonds. The van der Waals surface area contributed by atoms with Gasteiger partial charge in [-0.3, -0.25) is 5.43 Å². The van der Waals surface area contributed by atoms with E-state index in [1.807, 2.05) is 36.4 Å². The first-order valence-corrected chi connectivity index (χ1v) is 7.37. The molecule has 4 N–H and O–H groups in total. The number of rotatable bonds is 4. The van der Waals surface area contributed by atoms with E-state index in [2.05, 4.69) is 21.5 Å². The van der Waals surface area contributed by atoms with E-state index >= 15 is 0 Å². The molecule has 2 aromatic rings. The smallest absolute Gasteiger partial charge is 0.338 e. The molecule has 0 saturated carbocycles. The van der Waals surface area contributed by atoms with Crippen LogP contribution in [0.1, 0.15) is 5.56 Å². The second-order valence-electron chi connectivity index (χ2n) is 4.57. The lowest BCUT2D eigenvalue weighted by Gasteiger charge is -2.13. The SMILES string of the molecule is COc1ccccc1NC(=O)NNC(=S)NCc1ccccc1. The van der Waals surface area contributed by atoms with Crippen molar-refractivity contribution in [2.45, 2.75) is 6.54 Å². The van der Waals surface area contributed by atoms with Crippen molar-refractivity contribution < 1.29 is 9.53 Å². The van der Waals surface area contributed by atoms with Crippen molar-refractivity contribution in [3.05, 3.63) is 60.2 Å². The third-order valence-electron chi connectivity index (χ3n) is 2.94.